The predicted molar refractivity (Wildman–Crippen MR) is 111 cm³/mol. The van der Waals surface area contributed by atoms with Crippen LogP contribution in [0.4, 0.5) is 4.39 Å². The Balaban J connectivity index is 1.74. The molecule has 0 bridgehead atoms. The second-order valence-electron chi connectivity index (χ2n) is 6.49. The Labute approximate surface area is 174 Å². The largest absolute Gasteiger partial charge is 0.332 e. The zero-order chi connectivity index (χ0) is 20.7. The summed E-state index contributed by atoms with van der Waals surface area (Å²) < 4.78 is 20.0. The molecule has 0 saturated heterocycles. The minimum absolute atomic E-state index is 0.136. The highest BCUT2D eigenvalue weighted by atomic mass is 35.5. The van der Waals surface area contributed by atoms with E-state index in [4.69, 9.17) is 16.1 Å². The molecule has 30 heavy (non-hydrogen) atoms. The van der Waals surface area contributed by atoms with Gasteiger partial charge in [-0.1, -0.05) is 47.1 Å². The quantitative estimate of drug-likeness (QED) is 0.417. The number of fused-ring (bicyclic) bond motifs is 1. The third-order valence-electron chi connectivity index (χ3n) is 4.62. The molecule has 0 amide bonds. The Bertz CT molecular complexity index is 1440. The zero-order valence-electron chi connectivity index (χ0n) is 15.3. The SMILES string of the molecule is O=c1c2ccccc2c(-c2nc(-c3ccccc3Cl)no2)nn1-c1ccc(F)cc1. The lowest BCUT2D eigenvalue weighted by atomic mass is 10.1. The molecule has 0 aliphatic heterocycles. The molecular weight excluding hydrogens is 407 g/mol. The molecule has 3 aromatic carbocycles. The molecule has 0 radical (unpaired) electrons. The van der Waals surface area contributed by atoms with Gasteiger partial charge in [0.1, 0.15) is 5.82 Å². The van der Waals surface area contributed by atoms with Gasteiger partial charge in [0.25, 0.3) is 11.4 Å². The van der Waals surface area contributed by atoms with Gasteiger partial charge in [0, 0.05) is 10.9 Å². The normalized spacial score (nSPS) is 11.1. The third kappa shape index (κ3) is 3.05. The van der Waals surface area contributed by atoms with Crippen LogP contribution in [0.15, 0.2) is 82.1 Å². The van der Waals surface area contributed by atoms with Crippen molar-refractivity contribution in [2.75, 3.05) is 0 Å². The maximum Gasteiger partial charge on any atom is 0.279 e. The van der Waals surface area contributed by atoms with Gasteiger partial charge in [-0.05, 0) is 42.5 Å². The van der Waals surface area contributed by atoms with Crippen LogP contribution >= 0.6 is 11.6 Å². The van der Waals surface area contributed by atoms with Crippen molar-refractivity contribution in [2.24, 2.45) is 0 Å². The van der Waals surface area contributed by atoms with Crippen molar-refractivity contribution < 1.29 is 8.91 Å². The van der Waals surface area contributed by atoms with Crippen LogP contribution in [0.1, 0.15) is 0 Å². The van der Waals surface area contributed by atoms with Crippen molar-refractivity contribution in [3.05, 3.63) is 94.0 Å². The topological polar surface area (TPSA) is 73.8 Å². The van der Waals surface area contributed by atoms with Crippen LogP contribution in [0.5, 0.6) is 0 Å². The molecule has 2 aromatic heterocycles. The Morgan fingerprint density at radius 3 is 2.37 bits per heavy atom. The van der Waals surface area contributed by atoms with Crippen LogP contribution in [-0.2, 0) is 0 Å². The molecule has 2 heterocycles. The van der Waals surface area contributed by atoms with Crippen molar-refractivity contribution >= 4 is 22.4 Å². The molecule has 0 aliphatic carbocycles. The first-order chi connectivity index (χ1) is 14.6. The second-order valence-corrected chi connectivity index (χ2v) is 6.90. The van der Waals surface area contributed by atoms with Crippen LogP contribution < -0.4 is 5.56 Å². The summed E-state index contributed by atoms with van der Waals surface area (Å²) >= 11 is 6.23. The number of benzene rings is 3. The number of rotatable bonds is 3. The second kappa shape index (κ2) is 7.20. The van der Waals surface area contributed by atoms with Crippen molar-refractivity contribution in [2.45, 2.75) is 0 Å². The van der Waals surface area contributed by atoms with Gasteiger partial charge in [-0.3, -0.25) is 4.79 Å². The van der Waals surface area contributed by atoms with Crippen molar-refractivity contribution in [1.82, 2.24) is 19.9 Å². The Morgan fingerprint density at radius 1 is 0.900 bits per heavy atom. The average molecular weight is 419 g/mol. The number of halogens is 2. The van der Waals surface area contributed by atoms with Gasteiger partial charge in [0.15, 0.2) is 5.69 Å². The molecule has 146 valence electrons. The van der Waals surface area contributed by atoms with Gasteiger partial charge in [-0.2, -0.15) is 14.8 Å². The average Bonchev–Trinajstić information content (AvgIpc) is 3.25. The zero-order valence-corrected chi connectivity index (χ0v) is 16.0. The maximum absolute atomic E-state index is 13.3. The predicted octanol–water partition coefficient (Wildman–Crippen LogP) is 4.90. The summed E-state index contributed by atoms with van der Waals surface area (Å²) in [6.45, 7) is 0. The van der Waals surface area contributed by atoms with E-state index in [1.807, 2.05) is 6.07 Å². The molecule has 5 rings (SSSR count). The standard InChI is InChI=1S/C22H12ClFN4O2/c23-18-8-4-3-7-17(18)20-25-21(30-27-20)19-15-5-1-2-6-16(15)22(29)28(26-19)14-11-9-13(24)10-12-14/h1-12H. The lowest BCUT2D eigenvalue weighted by Gasteiger charge is -2.09. The summed E-state index contributed by atoms with van der Waals surface area (Å²) in [4.78, 5) is 17.4. The van der Waals surface area contributed by atoms with Crippen LogP contribution in [0.25, 0.3) is 39.4 Å². The minimum atomic E-state index is -0.408. The molecule has 0 aliphatic rings. The molecular formula is C22H12ClFN4O2. The summed E-state index contributed by atoms with van der Waals surface area (Å²) in [6, 6.07) is 19.6. The van der Waals surface area contributed by atoms with E-state index in [1.54, 1.807) is 42.5 Å². The summed E-state index contributed by atoms with van der Waals surface area (Å²) in [5.41, 5.74) is 1.02. The molecule has 0 spiro atoms. The van der Waals surface area contributed by atoms with E-state index in [1.165, 1.54) is 28.9 Å². The monoisotopic (exact) mass is 418 g/mol. The van der Waals surface area contributed by atoms with Crippen LogP contribution in [-0.4, -0.2) is 19.9 Å². The van der Waals surface area contributed by atoms with E-state index < -0.39 is 5.82 Å². The van der Waals surface area contributed by atoms with E-state index in [0.29, 0.717) is 38.6 Å². The van der Waals surface area contributed by atoms with Crippen molar-refractivity contribution in [3.8, 4) is 28.7 Å². The number of hydrogen-bond donors (Lipinski definition) is 0. The molecule has 0 N–H and O–H groups in total. The molecule has 0 unspecified atom stereocenters. The number of hydrogen-bond acceptors (Lipinski definition) is 5. The first-order valence-corrected chi connectivity index (χ1v) is 9.36. The van der Waals surface area contributed by atoms with E-state index in [2.05, 4.69) is 15.2 Å². The van der Waals surface area contributed by atoms with E-state index in [-0.39, 0.29) is 11.4 Å². The van der Waals surface area contributed by atoms with Gasteiger partial charge in [-0.25, -0.2) is 4.39 Å². The van der Waals surface area contributed by atoms with Crippen molar-refractivity contribution in [3.63, 3.8) is 0 Å². The Hall–Kier alpha value is -3.84. The highest BCUT2D eigenvalue weighted by molar-refractivity contribution is 6.33. The minimum Gasteiger partial charge on any atom is -0.332 e. The lowest BCUT2D eigenvalue weighted by Crippen LogP contribution is -2.22. The van der Waals surface area contributed by atoms with E-state index in [9.17, 15) is 9.18 Å². The van der Waals surface area contributed by atoms with Gasteiger partial charge in [-0.15, -0.1) is 0 Å². The lowest BCUT2D eigenvalue weighted by molar-refractivity contribution is 0.430. The molecule has 5 aromatic rings. The van der Waals surface area contributed by atoms with Crippen LogP contribution in [0.2, 0.25) is 5.02 Å². The van der Waals surface area contributed by atoms with Gasteiger partial charge < -0.3 is 4.52 Å². The molecule has 0 saturated carbocycles. The van der Waals surface area contributed by atoms with Gasteiger partial charge in [0.2, 0.25) is 5.82 Å². The molecule has 8 heteroatoms. The first-order valence-electron chi connectivity index (χ1n) is 8.99. The number of aromatic nitrogens is 4. The smallest absolute Gasteiger partial charge is 0.279 e. The molecule has 0 atom stereocenters. The van der Waals surface area contributed by atoms with Crippen LogP contribution in [0, 0.1) is 5.82 Å². The maximum atomic E-state index is 13.3. The van der Waals surface area contributed by atoms with Gasteiger partial charge in [0.05, 0.1) is 16.1 Å². The van der Waals surface area contributed by atoms with Crippen LogP contribution in [0.3, 0.4) is 0 Å². The third-order valence-corrected chi connectivity index (χ3v) is 4.95. The van der Waals surface area contributed by atoms with E-state index >= 15 is 0 Å². The summed E-state index contributed by atoms with van der Waals surface area (Å²) in [7, 11) is 0. The Kier molecular flexibility index (Phi) is 4.37. The highest BCUT2D eigenvalue weighted by Crippen LogP contribution is 2.29. The molecule has 6 nitrogen and oxygen atoms in total. The summed E-state index contributed by atoms with van der Waals surface area (Å²) in [5, 5.41) is 9.94. The van der Waals surface area contributed by atoms with Crippen molar-refractivity contribution in [1.29, 1.82) is 0 Å². The Morgan fingerprint density at radius 2 is 1.60 bits per heavy atom. The summed E-state index contributed by atoms with van der Waals surface area (Å²) in [6.07, 6.45) is 0. The van der Waals surface area contributed by atoms with E-state index in [0.717, 1.165) is 0 Å². The van der Waals surface area contributed by atoms with Gasteiger partial charge >= 0.3 is 0 Å². The highest BCUT2D eigenvalue weighted by Gasteiger charge is 2.19. The fourth-order valence-corrected chi connectivity index (χ4v) is 3.40. The summed E-state index contributed by atoms with van der Waals surface area (Å²) in [5.74, 6) is 0.0343. The fraction of sp³-hybridized carbons (Fsp3) is 0. The fourth-order valence-electron chi connectivity index (χ4n) is 3.18. The first kappa shape index (κ1) is 18.2. The molecule has 0 fully saturated rings. The number of nitrogens with zero attached hydrogens (tertiary/aromatic N) is 4.